The lowest BCUT2D eigenvalue weighted by Crippen LogP contribution is -2.37. The molecule has 1 unspecified atom stereocenters. The van der Waals surface area contributed by atoms with Crippen molar-refractivity contribution in [3.8, 4) is 6.01 Å². The molecule has 3 N–H and O–H groups in total. The van der Waals surface area contributed by atoms with Crippen molar-refractivity contribution in [2.45, 2.75) is 26.3 Å². The van der Waals surface area contributed by atoms with Gasteiger partial charge in [-0.3, -0.25) is 4.79 Å². The zero-order valence-corrected chi connectivity index (χ0v) is 11.2. The van der Waals surface area contributed by atoms with Gasteiger partial charge in [-0.15, -0.1) is 0 Å². The van der Waals surface area contributed by atoms with E-state index in [-0.39, 0.29) is 17.2 Å². The Hall–Kier alpha value is -1.63. The highest BCUT2D eigenvalue weighted by molar-refractivity contribution is 6.28. The van der Waals surface area contributed by atoms with E-state index >= 15 is 0 Å². The van der Waals surface area contributed by atoms with Crippen molar-refractivity contribution < 1.29 is 9.53 Å². The fourth-order valence-corrected chi connectivity index (χ4v) is 1.51. The van der Waals surface area contributed by atoms with Crippen LogP contribution in [-0.4, -0.2) is 34.0 Å². The largest absolute Gasteiger partial charge is 0.467 e. The van der Waals surface area contributed by atoms with Crippen molar-refractivity contribution >= 4 is 23.5 Å². The predicted octanol–water partition coefficient (Wildman–Crippen LogP) is 0.845. The highest BCUT2D eigenvalue weighted by Crippen LogP contribution is 2.14. The molecule has 1 amide bonds. The van der Waals surface area contributed by atoms with Gasteiger partial charge < -0.3 is 15.8 Å². The number of carbonyl (C=O) groups excluding carboxylic acids is 1. The Balaban J connectivity index is 2.86. The van der Waals surface area contributed by atoms with E-state index in [0.717, 1.165) is 0 Å². The summed E-state index contributed by atoms with van der Waals surface area (Å²) in [6.07, 6.45) is 0.570. The number of anilines is 1. The Morgan fingerprint density at radius 3 is 2.61 bits per heavy atom. The first kappa shape index (κ1) is 14.4. The molecule has 0 saturated heterocycles. The quantitative estimate of drug-likeness (QED) is 0.796. The third-order valence-electron chi connectivity index (χ3n) is 2.12. The van der Waals surface area contributed by atoms with Crippen LogP contribution >= 0.6 is 11.6 Å². The number of primary amides is 1. The van der Waals surface area contributed by atoms with Crippen molar-refractivity contribution in [3.05, 3.63) is 5.28 Å². The van der Waals surface area contributed by atoms with Crippen molar-refractivity contribution in [2.24, 2.45) is 11.7 Å². The van der Waals surface area contributed by atoms with Gasteiger partial charge in [0.25, 0.3) is 0 Å². The number of carbonyl (C=O) groups is 1. The van der Waals surface area contributed by atoms with Gasteiger partial charge in [0, 0.05) is 0 Å². The number of halogens is 1. The molecule has 1 aromatic heterocycles. The Kier molecular flexibility index (Phi) is 5.08. The second kappa shape index (κ2) is 6.34. The summed E-state index contributed by atoms with van der Waals surface area (Å²) in [4.78, 5) is 22.8. The number of hydrogen-bond acceptors (Lipinski definition) is 6. The van der Waals surface area contributed by atoms with Crippen LogP contribution in [0.25, 0.3) is 0 Å². The topological polar surface area (TPSA) is 103 Å². The summed E-state index contributed by atoms with van der Waals surface area (Å²) in [5, 5.41) is 2.81. The molecule has 0 saturated carbocycles. The number of nitrogens with zero attached hydrogens (tertiary/aromatic N) is 3. The third kappa shape index (κ3) is 4.33. The minimum atomic E-state index is -0.562. The van der Waals surface area contributed by atoms with Crippen LogP contribution in [0.15, 0.2) is 0 Å². The van der Waals surface area contributed by atoms with Crippen LogP contribution in [0.3, 0.4) is 0 Å². The van der Waals surface area contributed by atoms with E-state index in [4.69, 9.17) is 22.1 Å². The van der Waals surface area contributed by atoms with Gasteiger partial charge in [-0.25, -0.2) is 0 Å². The molecule has 0 aromatic carbocycles. The molecule has 0 aliphatic carbocycles. The molecule has 1 heterocycles. The molecule has 0 aliphatic rings. The molecular weight excluding hydrogens is 258 g/mol. The highest BCUT2D eigenvalue weighted by atomic mass is 35.5. The maximum absolute atomic E-state index is 11.3. The Morgan fingerprint density at radius 2 is 2.11 bits per heavy atom. The van der Waals surface area contributed by atoms with E-state index in [1.807, 2.05) is 13.8 Å². The first-order valence-corrected chi connectivity index (χ1v) is 5.81. The molecule has 0 bridgehead atoms. The Morgan fingerprint density at radius 1 is 1.44 bits per heavy atom. The molecule has 18 heavy (non-hydrogen) atoms. The fourth-order valence-electron chi connectivity index (χ4n) is 1.36. The minimum Gasteiger partial charge on any atom is -0.467 e. The lowest BCUT2D eigenvalue weighted by Gasteiger charge is -2.17. The van der Waals surface area contributed by atoms with Crippen LogP contribution in [0.4, 0.5) is 5.95 Å². The number of nitrogens with one attached hydrogen (secondary N) is 1. The lowest BCUT2D eigenvalue weighted by atomic mass is 10.0. The molecule has 7 nitrogen and oxygen atoms in total. The average molecular weight is 274 g/mol. The van der Waals surface area contributed by atoms with Crippen LogP contribution in [0.2, 0.25) is 5.28 Å². The van der Waals surface area contributed by atoms with Crippen LogP contribution in [0.5, 0.6) is 6.01 Å². The predicted molar refractivity (Wildman–Crippen MR) is 67.4 cm³/mol. The van der Waals surface area contributed by atoms with Crippen molar-refractivity contribution in [3.63, 3.8) is 0 Å². The van der Waals surface area contributed by atoms with Crippen LogP contribution in [-0.2, 0) is 4.79 Å². The lowest BCUT2D eigenvalue weighted by molar-refractivity contribution is -0.119. The maximum Gasteiger partial charge on any atom is 0.322 e. The smallest absolute Gasteiger partial charge is 0.322 e. The minimum absolute atomic E-state index is 0.0166. The van der Waals surface area contributed by atoms with Crippen molar-refractivity contribution in [1.82, 2.24) is 15.0 Å². The van der Waals surface area contributed by atoms with E-state index in [9.17, 15) is 4.79 Å². The van der Waals surface area contributed by atoms with Crippen LogP contribution < -0.4 is 15.8 Å². The standard InChI is InChI=1S/C10H16ClN5O2/c1-5(2)4-6(7(12)17)13-9-14-8(11)15-10(16-9)18-3/h5-6H,4H2,1-3H3,(H2,12,17)(H,13,14,15,16). The van der Waals surface area contributed by atoms with E-state index in [1.165, 1.54) is 7.11 Å². The van der Waals surface area contributed by atoms with Gasteiger partial charge in [0.15, 0.2) is 0 Å². The van der Waals surface area contributed by atoms with Crippen molar-refractivity contribution in [1.29, 1.82) is 0 Å². The number of ether oxygens (including phenoxy) is 1. The number of amides is 1. The molecule has 100 valence electrons. The molecule has 0 aliphatic heterocycles. The molecule has 1 atom stereocenters. The van der Waals surface area contributed by atoms with Crippen molar-refractivity contribution in [2.75, 3.05) is 12.4 Å². The first-order chi connectivity index (χ1) is 8.42. The molecule has 0 fully saturated rings. The van der Waals surface area contributed by atoms with E-state index < -0.39 is 11.9 Å². The summed E-state index contributed by atoms with van der Waals surface area (Å²) >= 11 is 5.70. The number of nitrogens with two attached hydrogens (primary N) is 1. The van der Waals surface area contributed by atoms with Crippen LogP contribution in [0.1, 0.15) is 20.3 Å². The van der Waals surface area contributed by atoms with Gasteiger partial charge in [0.2, 0.25) is 17.1 Å². The summed E-state index contributed by atoms with van der Waals surface area (Å²) in [6, 6.07) is -0.488. The molecule has 1 aromatic rings. The Labute approximate surface area is 110 Å². The summed E-state index contributed by atoms with van der Waals surface area (Å²) in [6.45, 7) is 3.97. The molecule has 1 rings (SSSR count). The van der Waals surface area contributed by atoms with E-state index in [1.54, 1.807) is 0 Å². The van der Waals surface area contributed by atoms with Gasteiger partial charge in [-0.05, 0) is 23.9 Å². The van der Waals surface area contributed by atoms with Crippen LogP contribution in [0, 0.1) is 5.92 Å². The van der Waals surface area contributed by atoms with Gasteiger partial charge in [-0.2, -0.15) is 15.0 Å². The first-order valence-electron chi connectivity index (χ1n) is 5.43. The normalized spacial score (nSPS) is 12.3. The molecule has 0 spiro atoms. The fraction of sp³-hybridized carbons (Fsp3) is 0.600. The molecule has 8 heteroatoms. The SMILES string of the molecule is COc1nc(Cl)nc(NC(CC(C)C)C(N)=O)n1. The number of methoxy groups -OCH3 is 1. The summed E-state index contributed by atoms with van der Waals surface area (Å²) < 4.78 is 4.86. The maximum atomic E-state index is 11.3. The van der Waals surface area contributed by atoms with Gasteiger partial charge in [0.05, 0.1) is 7.11 Å². The monoisotopic (exact) mass is 273 g/mol. The second-order valence-electron chi connectivity index (χ2n) is 4.14. The number of aromatic nitrogens is 3. The van der Waals surface area contributed by atoms with Gasteiger partial charge in [-0.1, -0.05) is 13.8 Å². The second-order valence-corrected chi connectivity index (χ2v) is 4.48. The zero-order valence-electron chi connectivity index (χ0n) is 10.5. The van der Waals surface area contributed by atoms with Gasteiger partial charge in [0.1, 0.15) is 6.04 Å². The Bertz CT molecular complexity index is 427. The third-order valence-corrected chi connectivity index (χ3v) is 2.29. The van der Waals surface area contributed by atoms with E-state index in [0.29, 0.717) is 12.3 Å². The molecular formula is C10H16ClN5O2. The highest BCUT2D eigenvalue weighted by Gasteiger charge is 2.18. The van der Waals surface area contributed by atoms with Gasteiger partial charge >= 0.3 is 6.01 Å². The number of hydrogen-bond donors (Lipinski definition) is 2. The van der Waals surface area contributed by atoms with E-state index in [2.05, 4.69) is 20.3 Å². The average Bonchev–Trinajstić information content (AvgIpc) is 2.26. The summed E-state index contributed by atoms with van der Waals surface area (Å²) in [5.41, 5.74) is 5.30. The summed E-state index contributed by atoms with van der Waals surface area (Å²) in [5.74, 6) is -0.00953. The zero-order chi connectivity index (χ0) is 13.7. The number of rotatable bonds is 6. The molecule has 0 radical (unpaired) electrons. The summed E-state index contributed by atoms with van der Waals surface area (Å²) in [7, 11) is 1.41.